The van der Waals surface area contributed by atoms with Crippen molar-refractivity contribution in [3.63, 3.8) is 0 Å². The number of hydrogen-bond donors (Lipinski definition) is 1. The summed E-state index contributed by atoms with van der Waals surface area (Å²) in [6, 6.07) is 0. The first-order valence-electron chi connectivity index (χ1n) is 6.45. The summed E-state index contributed by atoms with van der Waals surface area (Å²) >= 11 is 0. The van der Waals surface area contributed by atoms with Crippen LogP contribution in [0, 0.1) is 5.92 Å². The van der Waals surface area contributed by atoms with Gasteiger partial charge < -0.3 is 10.0 Å². The highest BCUT2D eigenvalue weighted by Gasteiger charge is 2.26. The van der Waals surface area contributed by atoms with Gasteiger partial charge in [0.25, 0.3) is 0 Å². The van der Waals surface area contributed by atoms with Crippen molar-refractivity contribution in [3.8, 4) is 0 Å². The highest BCUT2D eigenvalue weighted by Crippen LogP contribution is 2.19. The summed E-state index contributed by atoms with van der Waals surface area (Å²) in [5, 5.41) is 9.20. The quantitative estimate of drug-likeness (QED) is 0.773. The van der Waals surface area contributed by atoms with Crippen molar-refractivity contribution < 1.29 is 13.5 Å². The van der Waals surface area contributed by atoms with Crippen LogP contribution in [0.25, 0.3) is 0 Å². The van der Waals surface area contributed by atoms with Crippen LogP contribution in [0.3, 0.4) is 0 Å². The number of rotatable bonds is 6. The normalized spacial score (nSPS) is 24.4. The van der Waals surface area contributed by atoms with Crippen molar-refractivity contribution in [1.82, 2.24) is 4.90 Å². The van der Waals surface area contributed by atoms with E-state index in [1.54, 1.807) is 13.8 Å². The van der Waals surface area contributed by atoms with Crippen LogP contribution in [-0.4, -0.2) is 55.2 Å². The summed E-state index contributed by atoms with van der Waals surface area (Å²) in [5.74, 6) is 0.636. The number of aliphatic hydroxyl groups is 1. The Bertz CT molecular complexity index is 325. The first-order chi connectivity index (χ1) is 7.83. The lowest BCUT2D eigenvalue weighted by Crippen LogP contribution is -2.27. The monoisotopic (exact) mass is 263 g/mol. The van der Waals surface area contributed by atoms with Crippen molar-refractivity contribution >= 4 is 9.84 Å². The van der Waals surface area contributed by atoms with Crippen LogP contribution in [0.5, 0.6) is 0 Å². The molecule has 4 nitrogen and oxygen atoms in total. The molecule has 1 rings (SSSR count). The van der Waals surface area contributed by atoms with Gasteiger partial charge in [0.05, 0.1) is 17.1 Å². The number of hydrogen-bond acceptors (Lipinski definition) is 4. The molecular formula is C12H25NO3S. The fourth-order valence-electron chi connectivity index (χ4n) is 2.18. The van der Waals surface area contributed by atoms with Crippen LogP contribution in [0.15, 0.2) is 0 Å². The zero-order valence-corrected chi connectivity index (χ0v) is 11.9. The predicted octanol–water partition coefficient (Wildman–Crippen LogP) is 0.902. The molecule has 0 aromatic heterocycles. The van der Waals surface area contributed by atoms with Crippen molar-refractivity contribution in [2.45, 2.75) is 45.0 Å². The Morgan fingerprint density at radius 1 is 1.35 bits per heavy atom. The molecule has 1 fully saturated rings. The largest absolute Gasteiger partial charge is 0.393 e. The second kappa shape index (κ2) is 6.16. The summed E-state index contributed by atoms with van der Waals surface area (Å²) < 4.78 is 23.2. The summed E-state index contributed by atoms with van der Waals surface area (Å²) in [7, 11) is -2.90. The number of nitrogens with zero attached hydrogens (tertiary/aromatic N) is 1. The molecule has 0 bridgehead atoms. The van der Waals surface area contributed by atoms with Crippen LogP contribution in [0.2, 0.25) is 0 Å². The van der Waals surface area contributed by atoms with E-state index in [9.17, 15) is 13.5 Å². The number of sulfone groups is 1. The Kier molecular flexibility index (Phi) is 5.41. The fourth-order valence-corrected chi connectivity index (χ4v) is 3.19. The Balaban J connectivity index is 2.25. The SMILES string of the molecule is CC(O)C1CCN(CCCS(=O)(=O)C(C)C)C1. The Morgan fingerprint density at radius 2 is 2.00 bits per heavy atom. The lowest BCUT2D eigenvalue weighted by molar-refractivity contribution is 0.128. The number of aliphatic hydroxyl groups excluding tert-OH is 1. The van der Waals surface area contributed by atoms with Gasteiger partial charge in [-0.05, 0) is 52.6 Å². The van der Waals surface area contributed by atoms with Gasteiger partial charge in [-0.2, -0.15) is 0 Å². The molecule has 1 aliphatic heterocycles. The first-order valence-corrected chi connectivity index (χ1v) is 8.16. The molecular weight excluding hydrogens is 238 g/mol. The Morgan fingerprint density at radius 3 is 2.47 bits per heavy atom. The molecule has 17 heavy (non-hydrogen) atoms. The molecule has 0 amide bonds. The molecule has 1 heterocycles. The molecule has 102 valence electrons. The van der Waals surface area contributed by atoms with Gasteiger partial charge in [0.2, 0.25) is 0 Å². The Labute approximate surface area is 105 Å². The smallest absolute Gasteiger partial charge is 0.152 e. The van der Waals surface area contributed by atoms with Gasteiger partial charge in [0, 0.05) is 6.54 Å². The lowest BCUT2D eigenvalue weighted by Gasteiger charge is -2.17. The minimum Gasteiger partial charge on any atom is -0.393 e. The molecule has 2 atom stereocenters. The molecule has 1 N–H and O–H groups in total. The Hall–Kier alpha value is -0.130. The molecule has 2 unspecified atom stereocenters. The van der Waals surface area contributed by atoms with E-state index in [1.165, 1.54) is 0 Å². The van der Waals surface area contributed by atoms with Gasteiger partial charge in [0.15, 0.2) is 9.84 Å². The third-order valence-corrected chi connectivity index (χ3v) is 5.91. The average molecular weight is 263 g/mol. The van der Waals surface area contributed by atoms with Crippen molar-refractivity contribution in [2.24, 2.45) is 5.92 Å². The maximum atomic E-state index is 11.6. The molecule has 0 spiro atoms. The first kappa shape index (κ1) is 14.9. The van der Waals surface area contributed by atoms with E-state index in [0.717, 1.165) is 26.1 Å². The minimum atomic E-state index is -2.90. The molecule has 1 saturated heterocycles. The molecule has 0 radical (unpaired) electrons. The second-order valence-corrected chi connectivity index (χ2v) is 8.04. The van der Waals surface area contributed by atoms with Crippen LogP contribution >= 0.6 is 0 Å². The highest BCUT2D eigenvalue weighted by molar-refractivity contribution is 7.91. The van der Waals surface area contributed by atoms with E-state index in [-0.39, 0.29) is 17.1 Å². The summed E-state index contributed by atoms with van der Waals surface area (Å²) in [6.07, 6.45) is 1.47. The molecule has 5 heteroatoms. The average Bonchev–Trinajstić information content (AvgIpc) is 2.66. The molecule has 0 aromatic carbocycles. The van der Waals surface area contributed by atoms with Gasteiger partial charge in [-0.25, -0.2) is 8.42 Å². The molecule has 0 aromatic rings. The third-order valence-electron chi connectivity index (χ3n) is 3.61. The van der Waals surface area contributed by atoms with Gasteiger partial charge in [-0.1, -0.05) is 0 Å². The van der Waals surface area contributed by atoms with E-state index >= 15 is 0 Å². The fraction of sp³-hybridized carbons (Fsp3) is 1.00. The molecule has 1 aliphatic rings. The van der Waals surface area contributed by atoms with E-state index in [0.29, 0.717) is 12.3 Å². The van der Waals surface area contributed by atoms with Crippen molar-refractivity contribution in [1.29, 1.82) is 0 Å². The summed E-state index contributed by atoms with van der Waals surface area (Å²) in [6.45, 7) is 8.01. The summed E-state index contributed by atoms with van der Waals surface area (Å²) in [5.41, 5.74) is 0. The maximum Gasteiger partial charge on any atom is 0.152 e. The van der Waals surface area contributed by atoms with E-state index in [2.05, 4.69) is 4.90 Å². The van der Waals surface area contributed by atoms with Gasteiger partial charge in [0.1, 0.15) is 0 Å². The van der Waals surface area contributed by atoms with Gasteiger partial charge >= 0.3 is 0 Å². The lowest BCUT2D eigenvalue weighted by atomic mass is 10.0. The zero-order chi connectivity index (χ0) is 13.1. The standard InChI is InChI=1S/C12H25NO3S/c1-10(2)17(15,16)8-4-6-13-7-5-12(9-13)11(3)14/h10-12,14H,4-9H2,1-3H3. The van der Waals surface area contributed by atoms with E-state index < -0.39 is 9.84 Å². The van der Waals surface area contributed by atoms with Crippen LogP contribution in [-0.2, 0) is 9.84 Å². The number of likely N-dealkylation sites (tertiary alicyclic amines) is 1. The van der Waals surface area contributed by atoms with E-state index in [4.69, 9.17) is 0 Å². The predicted molar refractivity (Wildman–Crippen MR) is 69.8 cm³/mol. The summed E-state index contributed by atoms with van der Waals surface area (Å²) in [4.78, 5) is 2.26. The van der Waals surface area contributed by atoms with Crippen molar-refractivity contribution in [2.75, 3.05) is 25.4 Å². The zero-order valence-electron chi connectivity index (χ0n) is 11.1. The van der Waals surface area contributed by atoms with Crippen LogP contribution in [0.1, 0.15) is 33.6 Å². The third kappa shape index (κ3) is 4.56. The van der Waals surface area contributed by atoms with Gasteiger partial charge in [-0.15, -0.1) is 0 Å². The van der Waals surface area contributed by atoms with Crippen LogP contribution < -0.4 is 0 Å². The molecule has 0 saturated carbocycles. The van der Waals surface area contributed by atoms with Gasteiger partial charge in [-0.3, -0.25) is 0 Å². The maximum absolute atomic E-state index is 11.6. The molecule has 0 aliphatic carbocycles. The topological polar surface area (TPSA) is 57.6 Å². The second-order valence-electron chi connectivity index (χ2n) is 5.36. The van der Waals surface area contributed by atoms with Crippen molar-refractivity contribution in [3.05, 3.63) is 0 Å². The minimum absolute atomic E-state index is 0.251. The van der Waals surface area contributed by atoms with E-state index in [1.807, 2.05) is 6.92 Å². The highest BCUT2D eigenvalue weighted by atomic mass is 32.2. The van der Waals surface area contributed by atoms with Crippen LogP contribution in [0.4, 0.5) is 0 Å².